The van der Waals surface area contributed by atoms with Gasteiger partial charge in [0.2, 0.25) is 0 Å². The Bertz CT molecular complexity index is 286. The van der Waals surface area contributed by atoms with Crippen LogP contribution in [0.25, 0.3) is 0 Å². The lowest BCUT2D eigenvalue weighted by Crippen LogP contribution is -2.26. The lowest BCUT2D eigenvalue weighted by atomic mass is 10.1. The van der Waals surface area contributed by atoms with E-state index in [2.05, 4.69) is 43.4 Å². The van der Waals surface area contributed by atoms with Gasteiger partial charge in [0.15, 0.2) is 0 Å². The van der Waals surface area contributed by atoms with Gasteiger partial charge in [-0.05, 0) is 30.9 Å². The van der Waals surface area contributed by atoms with E-state index in [1.54, 1.807) is 0 Å². The first-order chi connectivity index (χ1) is 7.27. The molecule has 2 heteroatoms. The Labute approximate surface area is 92.3 Å². The summed E-state index contributed by atoms with van der Waals surface area (Å²) in [6.45, 7) is 5.43. The van der Waals surface area contributed by atoms with E-state index in [9.17, 15) is 0 Å². The normalized spacial score (nSPS) is 12.7. The molecule has 0 amide bonds. The van der Waals surface area contributed by atoms with E-state index in [1.165, 1.54) is 11.1 Å². The second kappa shape index (κ2) is 6.59. The number of hydrogen-bond acceptors (Lipinski definition) is 2. The molecule has 0 aliphatic heterocycles. The summed E-state index contributed by atoms with van der Waals surface area (Å²) in [4.78, 5) is 0. The van der Waals surface area contributed by atoms with Crippen molar-refractivity contribution in [2.24, 2.45) is 0 Å². The van der Waals surface area contributed by atoms with Gasteiger partial charge < -0.3 is 10.4 Å². The molecule has 0 bridgehead atoms. The fourth-order valence-electron chi connectivity index (χ4n) is 1.65. The molecule has 0 saturated carbocycles. The third-order valence-electron chi connectivity index (χ3n) is 2.70. The van der Waals surface area contributed by atoms with Crippen molar-refractivity contribution in [3.63, 3.8) is 0 Å². The minimum Gasteiger partial charge on any atom is -0.396 e. The molecule has 84 valence electrons. The highest BCUT2D eigenvalue weighted by molar-refractivity contribution is 5.26. The standard InChI is InChI=1S/C13H21NO/c1-3-12-6-4-5-7-13(12)10-14-11(2)8-9-15/h4-7,11,14-15H,3,8-10H2,1-2H3. The van der Waals surface area contributed by atoms with Crippen LogP contribution in [0.4, 0.5) is 0 Å². The zero-order valence-corrected chi connectivity index (χ0v) is 9.66. The van der Waals surface area contributed by atoms with Gasteiger partial charge in [-0.25, -0.2) is 0 Å². The molecular weight excluding hydrogens is 186 g/mol. The summed E-state index contributed by atoms with van der Waals surface area (Å²) in [5, 5.41) is 12.2. The van der Waals surface area contributed by atoms with Crippen molar-refractivity contribution in [3.8, 4) is 0 Å². The van der Waals surface area contributed by atoms with Gasteiger partial charge in [0.1, 0.15) is 0 Å². The van der Waals surface area contributed by atoms with Crippen LogP contribution in [-0.2, 0) is 13.0 Å². The van der Waals surface area contributed by atoms with Gasteiger partial charge in [-0.2, -0.15) is 0 Å². The summed E-state index contributed by atoms with van der Waals surface area (Å²) >= 11 is 0. The molecule has 0 saturated heterocycles. The predicted molar refractivity (Wildman–Crippen MR) is 63.8 cm³/mol. The Hall–Kier alpha value is -0.860. The van der Waals surface area contributed by atoms with E-state index in [0.717, 1.165) is 19.4 Å². The second-order valence-corrected chi connectivity index (χ2v) is 3.92. The summed E-state index contributed by atoms with van der Waals surface area (Å²) in [5.41, 5.74) is 2.77. The first kappa shape index (κ1) is 12.2. The maximum absolute atomic E-state index is 8.79. The van der Waals surface area contributed by atoms with Crippen LogP contribution in [0.3, 0.4) is 0 Å². The van der Waals surface area contributed by atoms with Crippen molar-refractivity contribution in [3.05, 3.63) is 35.4 Å². The average Bonchev–Trinajstić information content (AvgIpc) is 2.27. The van der Waals surface area contributed by atoms with Crippen LogP contribution in [0.1, 0.15) is 31.4 Å². The van der Waals surface area contributed by atoms with Gasteiger partial charge in [-0.3, -0.25) is 0 Å². The van der Waals surface area contributed by atoms with Gasteiger partial charge in [0.25, 0.3) is 0 Å². The van der Waals surface area contributed by atoms with Gasteiger partial charge in [-0.1, -0.05) is 31.2 Å². The third-order valence-corrected chi connectivity index (χ3v) is 2.70. The molecule has 0 aromatic heterocycles. The largest absolute Gasteiger partial charge is 0.396 e. The molecule has 1 aromatic rings. The lowest BCUT2D eigenvalue weighted by Gasteiger charge is -2.14. The molecule has 0 heterocycles. The minimum absolute atomic E-state index is 0.254. The van der Waals surface area contributed by atoms with E-state index < -0.39 is 0 Å². The van der Waals surface area contributed by atoms with Gasteiger partial charge >= 0.3 is 0 Å². The van der Waals surface area contributed by atoms with E-state index >= 15 is 0 Å². The van der Waals surface area contributed by atoms with Gasteiger partial charge in [-0.15, -0.1) is 0 Å². The smallest absolute Gasteiger partial charge is 0.0445 e. The molecule has 0 spiro atoms. The molecule has 0 fully saturated rings. The summed E-state index contributed by atoms with van der Waals surface area (Å²) in [6, 6.07) is 8.87. The summed E-state index contributed by atoms with van der Waals surface area (Å²) < 4.78 is 0. The minimum atomic E-state index is 0.254. The van der Waals surface area contributed by atoms with E-state index in [1.807, 2.05) is 0 Å². The van der Waals surface area contributed by atoms with Crippen molar-refractivity contribution < 1.29 is 5.11 Å². The molecule has 2 nitrogen and oxygen atoms in total. The number of hydrogen-bond donors (Lipinski definition) is 2. The topological polar surface area (TPSA) is 32.3 Å². The molecule has 15 heavy (non-hydrogen) atoms. The Balaban J connectivity index is 2.49. The van der Waals surface area contributed by atoms with E-state index in [-0.39, 0.29) is 6.61 Å². The molecule has 0 aliphatic rings. The molecule has 0 radical (unpaired) electrons. The highest BCUT2D eigenvalue weighted by Crippen LogP contribution is 2.09. The average molecular weight is 207 g/mol. The van der Waals surface area contributed by atoms with E-state index in [4.69, 9.17) is 5.11 Å². The number of nitrogens with one attached hydrogen (secondary N) is 1. The van der Waals surface area contributed by atoms with Crippen LogP contribution in [0.15, 0.2) is 24.3 Å². The molecule has 0 aliphatic carbocycles. The van der Waals surface area contributed by atoms with Crippen LogP contribution in [0.5, 0.6) is 0 Å². The fourth-order valence-corrected chi connectivity index (χ4v) is 1.65. The molecule has 2 N–H and O–H groups in total. The number of aliphatic hydroxyl groups excluding tert-OH is 1. The predicted octanol–water partition coefficient (Wildman–Crippen LogP) is 2.11. The molecule has 1 aromatic carbocycles. The lowest BCUT2D eigenvalue weighted by molar-refractivity contribution is 0.268. The third kappa shape index (κ3) is 4.02. The number of aryl methyl sites for hydroxylation is 1. The molecule has 1 atom stereocenters. The maximum atomic E-state index is 8.79. The van der Waals surface area contributed by atoms with Crippen molar-refractivity contribution in [2.45, 2.75) is 39.3 Å². The van der Waals surface area contributed by atoms with E-state index in [0.29, 0.717) is 6.04 Å². The summed E-state index contributed by atoms with van der Waals surface area (Å²) in [6.07, 6.45) is 1.89. The van der Waals surface area contributed by atoms with Crippen LogP contribution in [0.2, 0.25) is 0 Å². The zero-order valence-electron chi connectivity index (χ0n) is 9.66. The van der Waals surface area contributed by atoms with Crippen LogP contribution in [-0.4, -0.2) is 17.8 Å². The number of benzene rings is 1. The van der Waals surface area contributed by atoms with Gasteiger partial charge in [0, 0.05) is 19.2 Å². The fraction of sp³-hybridized carbons (Fsp3) is 0.538. The van der Waals surface area contributed by atoms with Crippen LogP contribution >= 0.6 is 0 Å². The Kier molecular flexibility index (Phi) is 5.37. The van der Waals surface area contributed by atoms with Crippen molar-refractivity contribution in [1.29, 1.82) is 0 Å². The highest BCUT2D eigenvalue weighted by Gasteiger charge is 2.02. The summed E-state index contributed by atoms with van der Waals surface area (Å²) in [7, 11) is 0. The SMILES string of the molecule is CCc1ccccc1CNC(C)CCO. The van der Waals surface area contributed by atoms with Gasteiger partial charge in [0.05, 0.1) is 0 Å². The monoisotopic (exact) mass is 207 g/mol. The maximum Gasteiger partial charge on any atom is 0.0445 e. The Morgan fingerprint density at radius 3 is 2.53 bits per heavy atom. The van der Waals surface area contributed by atoms with Crippen molar-refractivity contribution in [2.75, 3.05) is 6.61 Å². The second-order valence-electron chi connectivity index (χ2n) is 3.92. The molecule has 1 unspecified atom stereocenters. The first-order valence-electron chi connectivity index (χ1n) is 5.69. The molecule has 1 rings (SSSR count). The first-order valence-corrected chi connectivity index (χ1v) is 5.69. The van der Waals surface area contributed by atoms with Crippen LogP contribution in [0, 0.1) is 0 Å². The Morgan fingerprint density at radius 1 is 1.27 bits per heavy atom. The highest BCUT2D eigenvalue weighted by atomic mass is 16.3. The molecular formula is C13H21NO. The number of rotatable bonds is 6. The van der Waals surface area contributed by atoms with Crippen molar-refractivity contribution in [1.82, 2.24) is 5.32 Å². The zero-order chi connectivity index (χ0) is 11.1. The Morgan fingerprint density at radius 2 is 1.93 bits per heavy atom. The van der Waals surface area contributed by atoms with Crippen molar-refractivity contribution >= 4 is 0 Å². The van der Waals surface area contributed by atoms with Crippen LogP contribution < -0.4 is 5.32 Å². The summed E-state index contributed by atoms with van der Waals surface area (Å²) in [5.74, 6) is 0. The quantitative estimate of drug-likeness (QED) is 0.749. The number of aliphatic hydroxyl groups is 1.